The second kappa shape index (κ2) is 5.98. The zero-order valence-electron chi connectivity index (χ0n) is 11.1. The molecule has 20 heavy (non-hydrogen) atoms. The third kappa shape index (κ3) is 3.31. The summed E-state index contributed by atoms with van der Waals surface area (Å²) in [6.45, 7) is 3.43. The van der Waals surface area contributed by atoms with Gasteiger partial charge in [-0.05, 0) is 30.8 Å². The molecule has 1 amide bonds. The zero-order valence-corrected chi connectivity index (χ0v) is 12.7. The summed E-state index contributed by atoms with van der Waals surface area (Å²) in [5, 5.41) is 8.37. The van der Waals surface area contributed by atoms with Crippen molar-refractivity contribution in [3.63, 3.8) is 0 Å². The Morgan fingerprint density at radius 1 is 1.40 bits per heavy atom. The number of nitrogens with one attached hydrogen (secondary N) is 2. The van der Waals surface area contributed by atoms with Crippen molar-refractivity contribution in [2.24, 2.45) is 5.73 Å². The van der Waals surface area contributed by atoms with Crippen LogP contribution in [0.3, 0.4) is 0 Å². The first-order valence-corrected chi connectivity index (χ1v) is 7.15. The van der Waals surface area contributed by atoms with Crippen molar-refractivity contribution < 1.29 is 4.79 Å². The Morgan fingerprint density at radius 3 is 2.80 bits per heavy atom. The van der Waals surface area contributed by atoms with Crippen molar-refractivity contribution >= 4 is 45.4 Å². The summed E-state index contributed by atoms with van der Waals surface area (Å²) in [4.78, 5) is 15.6. The summed E-state index contributed by atoms with van der Waals surface area (Å²) in [7, 11) is 0. The Hall–Kier alpha value is -1.99. The number of nitrogens with zero attached hydrogens (tertiary/aromatic N) is 1. The molecule has 104 valence electrons. The Morgan fingerprint density at radius 2 is 2.15 bits per heavy atom. The Kier molecular flexibility index (Phi) is 4.31. The number of anilines is 2. The van der Waals surface area contributed by atoms with Crippen LogP contribution in [0.1, 0.15) is 12.5 Å². The molecule has 4 N–H and O–H groups in total. The molecular weight excluding hydrogens is 292 g/mol. The van der Waals surface area contributed by atoms with E-state index in [0.29, 0.717) is 5.13 Å². The fourth-order valence-electron chi connectivity index (χ4n) is 1.80. The molecule has 0 atom stereocenters. The highest BCUT2D eigenvalue weighted by atomic mass is 32.1. The van der Waals surface area contributed by atoms with E-state index in [9.17, 15) is 4.79 Å². The normalized spacial score (nSPS) is 10.1. The average Bonchev–Trinajstić information content (AvgIpc) is 2.78. The van der Waals surface area contributed by atoms with Crippen molar-refractivity contribution in [2.45, 2.75) is 13.8 Å². The SMILES string of the molecule is CC(=O)Nc1cccc(-c2csc(NC(N)=S)n2)c1C. The molecule has 0 aliphatic carbocycles. The van der Waals surface area contributed by atoms with E-state index in [1.165, 1.54) is 18.3 Å². The third-order valence-electron chi connectivity index (χ3n) is 2.65. The number of thiazole rings is 1. The number of carbonyl (C=O) groups excluding carboxylic acids is 1. The highest BCUT2D eigenvalue weighted by Gasteiger charge is 2.10. The van der Waals surface area contributed by atoms with E-state index in [4.69, 9.17) is 18.0 Å². The number of rotatable bonds is 3. The monoisotopic (exact) mass is 306 g/mol. The molecule has 0 spiro atoms. The van der Waals surface area contributed by atoms with Gasteiger partial charge in [0.1, 0.15) is 0 Å². The van der Waals surface area contributed by atoms with Crippen LogP contribution in [0.25, 0.3) is 11.3 Å². The van der Waals surface area contributed by atoms with Gasteiger partial charge in [-0.2, -0.15) is 0 Å². The van der Waals surface area contributed by atoms with Crippen LogP contribution in [-0.2, 0) is 4.79 Å². The minimum Gasteiger partial charge on any atom is -0.376 e. The molecule has 0 aliphatic heterocycles. The Balaban J connectivity index is 2.35. The number of hydrogen-bond acceptors (Lipinski definition) is 4. The van der Waals surface area contributed by atoms with Gasteiger partial charge in [-0.25, -0.2) is 4.98 Å². The summed E-state index contributed by atoms with van der Waals surface area (Å²) < 4.78 is 0. The van der Waals surface area contributed by atoms with Gasteiger partial charge in [-0.1, -0.05) is 12.1 Å². The molecule has 0 unspecified atom stereocenters. The maximum Gasteiger partial charge on any atom is 0.221 e. The van der Waals surface area contributed by atoms with Crippen molar-refractivity contribution in [2.75, 3.05) is 10.6 Å². The first kappa shape index (κ1) is 14.4. The van der Waals surface area contributed by atoms with Crippen molar-refractivity contribution in [3.8, 4) is 11.3 Å². The number of aromatic nitrogens is 1. The lowest BCUT2D eigenvalue weighted by molar-refractivity contribution is -0.114. The first-order chi connectivity index (χ1) is 9.47. The maximum absolute atomic E-state index is 11.2. The molecule has 0 fully saturated rings. The minimum atomic E-state index is -0.0978. The van der Waals surface area contributed by atoms with Crippen LogP contribution in [0.15, 0.2) is 23.6 Å². The van der Waals surface area contributed by atoms with Crippen LogP contribution in [0.4, 0.5) is 10.8 Å². The second-order valence-electron chi connectivity index (χ2n) is 4.19. The largest absolute Gasteiger partial charge is 0.376 e. The number of thiocarbonyl (C=S) groups is 1. The van der Waals surface area contributed by atoms with Gasteiger partial charge in [0.2, 0.25) is 5.91 Å². The van der Waals surface area contributed by atoms with Crippen LogP contribution in [-0.4, -0.2) is 16.0 Å². The topological polar surface area (TPSA) is 80.0 Å². The summed E-state index contributed by atoms with van der Waals surface area (Å²) in [5.41, 5.74) is 8.95. The smallest absolute Gasteiger partial charge is 0.221 e. The maximum atomic E-state index is 11.2. The van der Waals surface area contributed by atoms with Crippen molar-refractivity contribution in [3.05, 3.63) is 29.1 Å². The van der Waals surface area contributed by atoms with E-state index >= 15 is 0 Å². The lowest BCUT2D eigenvalue weighted by atomic mass is 10.0. The van der Waals surface area contributed by atoms with Crippen LogP contribution in [0.2, 0.25) is 0 Å². The molecule has 5 nitrogen and oxygen atoms in total. The summed E-state index contributed by atoms with van der Waals surface area (Å²) in [6, 6.07) is 5.70. The van der Waals surface area contributed by atoms with E-state index in [2.05, 4.69) is 15.6 Å². The second-order valence-corrected chi connectivity index (χ2v) is 5.48. The molecule has 0 aliphatic rings. The quantitative estimate of drug-likeness (QED) is 0.760. The van der Waals surface area contributed by atoms with Gasteiger partial charge in [0.05, 0.1) is 5.69 Å². The highest BCUT2D eigenvalue weighted by Crippen LogP contribution is 2.30. The van der Waals surface area contributed by atoms with Gasteiger partial charge in [0.15, 0.2) is 10.2 Å². The lowest BCUT2D eigenvalue weighted by Crippen LogP contribution is -2.18. The predicted octanol–water partition coefficient (Wildman–Crippen LogP) is 2.73. The van der Waals surface area contributed by atoms with E-state index in [-0.39, 0.29) is 11.0 Å². The molecule has 0 saturated carbocycles. The lowest BCUT2D eigenvalue weighted by Gasteiger charge is -2.09. The van der Waals surface area contributed by atoms with Crippen LogP contribution in [0, 0.1) is 6.92 Å². The third-order valence-corrected chi connectivity index (χ3v) is 3.51. The average molecular weight is 306 g/mol. The Bertz CT molecular complexity index is 666. The molecule has 1 aromatic carbocycles. The number of benzene rings is 1. The van der Waals surface area contributed by atoms with E-state index < -0.39 is 0 Å². The molecule has 0 saturated heterocycles. The van der Waals surface area contributed by atoms with Gasteiger partial charge >= 0.3 is 0 Å². The molecule has 2 aromatic rings. The molecule has 7 heteroatoms. The Labute approximate surface area is 126 Å². The molecule has 0 bridgehead atoms. The van der Waals surface area contributed by atoms with Gasteiger partial charge in [-0.3, -0.25) is 4.79 Å². The van der Waals surface area contributed by atoms with Crippen LogP contribution < -0.4 is 16.4 Å². The van der Waals surface area contributed by atoms with E-state index in [1.807, 2.05) is 30.5 Å². The molecule has 2 rings (SSSR count). The standard InChI is InChI=1S/C13H14N4OS2/c1-7-9(4-3-5-10(7)15-8(2)18)11-6-20-13(16-11)17-12(14)19/h3-6H,1-2H3,(H,15,18)(H3,14,16,17,19). The van der Waals surface area contributed by atoms with Gasteiger partial charge in [0.25, 0.3) is 0 Å². The van der Waals surface area contributed by atoms with Crippen LogP contribution in [0.5, 0.6) is 0 Å². The first-order valence-electron chi connectivity index (χ1n) is 5.87. The number of carbonyl (C=O) groups is 1. The summed E-state index contributed by atoms with van der Waals surface area (Å²) in [5.74, 6) is -0.0978. The molecule has 1 aromatic heterocycles. The molecular formula is C13H14N4OS2. The van der Waals surface area contributed by atoms with Gasteiger partial charge < -0.3 is 16.4 Å². The van der Waals surface area contributed by atoms with E-state index in [0.717, 1.165) is 22.5 Å². The minimum absolute atomic E-state index is 0.0978. The predicted molar refractivity (Wildman–Crippen MR) is 87.0 cm³/mol. The number of hydrogen-bond donors (Lipinski definition) is 3. The van der Waals surface area contributed by atoms with Crippen molar-refractivity contribution in [1.29, 1.82) is 0 Å². The van der Waals surface area contributed by atoms with E-state index in [1.54, 1.807) is 0 Å². The van der Waals surface area contributed by atoms with Crippen LogP contribution >= 0.6 is 23.6 Å². The zero-order chi connectivity index (χ0) is 14.7. The summed E-state index contributed by atoms with van der Waals surface area (Å²) >= 11 is 6.21. The summed E-state index contributed by atoms with van der Waals surface area (Å²) in [6.07, 6.45) is 0. The highest BCUT2D eigenvalue weighted by molar-refractivity contribution is 7.80. The fraction of sp³-hybridized carbons (Fsp3) is 0.154. The van der Waals surface area contributed by atoms with Gasteiger partial charge in [0, 0.05) is 23.6 Å². The van der Waals surface area contributed by atoms with Gasteiger partial charge in [-0.15, -0.1) is 11.3 Å². The number of nitrogens with two attached hydrogens (primary N) is 1. The molecule has 0 radical (unpaired) electrons. The fourth-order valence-corrected chi connectivity index (χ4v) is 2.68. The van der Waals surface area contributed by atoms with Crippen molar-refractivity contribution in [1.82, 2.24) is 4.98 Å². The number of amides is 1. The molecule has 1 heterocycles.